The molecule has 31 heavy (non-hydrogen) atoms. The molecule has 1 saturated heterocycles. The zero-order chi connectivity index (χ0) is 21.5. The Bertz CT molecular complexity index is 724. The van der Waals surface area contributed by atoms with Crippen LogP contribution in [0.3, 0.4) is 0 Å². The fourth-order valence-corrected chi connectivity index (χ4v) is 4.62. The molecule has 1 aromatic rings. The molecule has 2 heterocycles. The number of hydrogen-bond donors (Lipinski definition) is 2. The molecule has 3 rings (SSSR count). The summed E-state index contributed by atoms with van der Waals surface area (Å²) in [5, 5.41) is 9.60. The number of hydrogen-bond acceptors (Lipinski definition) is 5. The number of anilines is 1. The van der Waals surface area contributed by atoms with Crippen LogP contribution in [0, 0.1) is 5.92 Å². The summed E-state index contributed by atoms with van der Waals surface area (Å²) in [5.41, 5.74) is 7.24. The largest absolute Gasteiger partial charge is 0.485 e. The Balaban J connectivity index is 0.00000341. The van der Waals surface area contributed by atoms with E-state index in [1.54, 1.807) is 0 Å². The third-order valence-corrected chi connectivity index (χ3v) is 6.57. The Morgan fingerprint density at radius 3 is 2.55 bits per heavy atom. The average Bonchev–Trinajstić information content (AvgIpc) is 2.75. The van der Waals surface area contributed by atoms with Crippen molar-refractivity contribution in [2.24, 2.45) is 5.92 Å². The molecule has 1 aromatic carbocycles. The van der Waals surface area contributed by atoms with Crippen LogP contribution >= 0.6 is 24.0 Å². The lowest BCUT2D eigenvalue weighted by molar-refractivity contribution is -0.147. The fraction of sp³-hybridized carbons (Fsp3) is 0.696. The Kier molecular flexibility index (Phi) is 10.5. The third kappa shape index (κ3) is 7.06. The van der Waals surface area contributed by atoms with Crippen molar-refractivity contribution in [3.63, 3.8) is 0 Å². The van der Waals surface area contributed by atoms with Gasteiger partial charge in [-0.25, -0.2) is 4.79 Å². The van der Waals surface area contributed by atoms with Crippen molar-refractivity contribution in [3.8, 4) is 11.5 Å². The van der Waals surface area contributed by atoms with Gasteiger partial charge in [0.25, 0.3) is 0 Å². The first-order valence-electron chi connectivity index (χ1n) is 11.3. The Labute approximate surface area is 196 Å². The van der Waals surface area contributed by atoms with Crippen LogP contribution in [0.4, 0.5) is 5.69 Å². The van der Waals surface area contributed by atoms with Gasteiger partial charge in [0.15, 0.2) is 11.5 Å². The van der Waals surface area contributed by atoms with Crippen LogP contribution in [0.25, 0.3) is 0 Å². The van der Waals surface area contributed by atoms with Crippen LogP contribution in [0.5, 0.6) is 11.5 Å². The molecule has 0 amide bonds. The van der Waals surface area contributed by atoms with Crippen molar-refractivity contribution in [2.45, 2.75) is 70.8 Å². The molecule has 6 nitrogen and oxygen atoms in total. The van der Waals surface area contributed by atoms with E-state index in [0.29, 0.717) is 16.7 Å². The highest BCUT2D eigenvalue weighted by atomic mass is 35.5. The Morgan fingerprint density at radius 2 is 1.87 bits per heavy atom. The molecular formula is C23H36Cl2N2O4. The number of carboxylic acid groups (broad SMARTS) is 1. The first-order valence-corrected chi connectivity index (χ1v) is 11.7. The monoisotopic (exact) mass is 474 g/mol. The summed E-state index contributed by atoms with van der Waals surface area (Å²) in [5.74, 6) is 0.315. The molecule has 2 aliphatic heterocycles. The predicted molar refractivity (Wildman–Crippen MR) is 127 cm³/mol. The molecule has 0 spiro atoms. The molecule has 1 atom stereocenters. The van der Waals surface area contributed by atoms with Crippen molar-refractivity contribution in [2.75, 3.05) is 32.0 Å². The van der Waals surface area contributed by atoms with Gasteiger partial charge in [0.2, 0.25) is 6.10 Å². The standard InChI is InChI=1S/C23H35ClN2O4.ClH/c1-2-3-4-5-6-7-10-26-11-8-16(9-12-26)13-17-14-18(24)20(25)22-21(17)29-15-19(30-22)23(27)28;/h14,16,19H,2-13,15,25H2,1H3,(H,27,28);1H. The van der Waals surface area contributed by atoms with Crippen LogP contribution in [0.1, 0.15) is 63.9 Å². The molecule has 1 fully saturated rings. The molecule has 3 N–H and O–H groups in total. The SMILES string of the molecule is CCCCCCCCN1CCC(Cc2cc(Cl)c(N)c3c2OCC(C(=O)O)O3)CC1.Cl. The summed E-state index contributed by atoms with van der Waals surface area (Å²) in [7, 11) is 0. The maximum Gasteiger partial charge on any atom is 0.348 e. The Morgan fingerprint density at radius 1 is 1.19 bits per heavy atom. The van der Waals surface area contributed by atoms with Crippen molar-refractivity contribution >= 4 is 35.7 Å². The number of carboxylic acids is 1. The van der Waals surface area contributed by atoms with Crippen LogP contribution < -0.4 is 15.2 Å². The number of nitrogen functional groups attached to an aromatic ring is 1. The van der Waals surface area contributed by atoms with Crippen molar-refractivity contribution in [3.05, 3.63) is 16.7 Å². The number of benzene rings is 1. The maximum absolute atomic E-state index is 11.3. The van der Waals surface area contributed by atoms with Gasteiger partial charge >= 0.3 is 5.97 Å². The third-order valence-electron chi connectivity index (χ3n) is 6.26. The van der Waals surface area contributed by atoms with Crippen LogP contribution in [0.2, 0.25) is 5.02 Å². The molecule has 1 unspecified atom stereocenters. The van der Waals surface area contributed by atoms with Gasteiger partial charge in [0.1, 0.15) is 6.61 Å². The fourth-order valence-electron chi connectivity index (χ4n) is 4.40. The minimum Gasteiger partial charge on any atom is -0.485 e. The lowest BCUT2D eigenvalue weighted by Crippen LogP contribution is -2.37. The summed E-state index contributed by atoms with van der Waals surface area (Å²) >= 11 is 6.31. The minimum absolute atomic E-state index is 0. The van der Waals surface area contributed by atoms with E-state index in [1.165, 1.54) is 45.1 Å². The number of piperidine rings is 1. The molecule has 0 aromatic heterocycles. The van der Waals surface area contributed by atoms with Gasteiger partial charge in [-0.3, -0.25) is 0 Å². The predicted octanol–water partition coefficient (Wildman–Crippen LogP) is 5.18. The molecule has 0 aliphatic carbocycles. The molecule has 0 bridgehead atoms. The van der Waals surface area contributed by atoms with Crippen LogP contribution in [-0.2, 0) is 11.2 Å². The summed E-state index contributed by atoms with van der Waals surface area (Å²) in [6.45, 7) is 5.69. The number of aliphatic carboxylic acids is 1. The van der Waals surface area contributed by atoms with Gasteiger partial charge in [0, 0.05) is 0 Å². The van der Waals surface area contributed by atoms with E-state index < -0.39 is 12.1 Å². The van der Waals surface area contributed by atoms with Crippen molar-refractivity contribution in [1.82, 2.24) is 4.90 Å². The highest BCUT2D eigenvalue weighted by Gasteiger charge is 2.32. The number of nitrogens with zero attached hydrogens (tertiary/aromatic N) is 1. The van der Waals surface area contributed by atoms with Gasteiger partial charge in [-0.2, -0.15) is 0 Å². The second kappa shape index (κ2) is 12.6. The van der Waals surface area contributed by atoms with E-state index >= 15 is 0 Å². The number of ether oxygens (including phenoxy) is 2. The quantitative estimate of drug-likeness (QED) is 0.358. The number of unbranched alkanes of at least 4 members (excludes halogenated alkanes) is 5. The zero-order valence-electron chi connectivity index (χ0n) is 18.4. The number of carbonyl (C=O) groups is 1. The highest BCUT2D eigenvalue weighted by Crippen LogP contribution is 2.45. The first kappa shape index (κ1) is 25.9. The average molecular weight is 475 g/mol. The van der Waals surface area contributed by atoms with E-state index in [9.17, 15) is 9.90 Å². The summed E-state index contributed by atoms with van der Waals surface area (Å²) in [4.78, 5) is 13.8. The number of fused-ring (bicyclic) bond motifs is 1. The van der Waals surface area contributed by atoms with E-state index in [-0.39, 0.29) is 30.5 Å². The summed E-state index contributed by atoms with van der Waals surface area (Å²) in [6, 6.07) is 1.85. The zero-order valence-corrected chi connectivity index (χ0v) is 20.0. The van der Waals surface area contributed by atoms with Gasteiger partial charge in [-0.05, 0) is 62.9 Å². The number of nitrogens with two attached hydrogens (primary N) is 1. The smallest absolute Gasteiger partial charge is 0.348 e. The van der Waals surface area contributed by atoms with E-state index in [2.05, 4.69) is 11.8 Å². The molecule has 176 valence electrons. The molecule has 8 heteroatoms. The van der Waals surface area contributed by atoms with Gasteiger partial charge < -0.3 is 25.2 Å². The van der Waals surface area contributed by atoms with Crippen molar-refractivity contribution in [1.29, 1.82) is 0 Å². The van der Waals surface area contributed by atoms with Gasteiger partial charge in [-0.1, -0.05) is 50.6 Å². The summed E-state index contributed by atoms with van der Waals surface area (Å²) < 4.78 is 11.4. The summed E-state index contributed by atoms with van der Waals surface area (Å²) in [6.07, 6.45) is 10.1. The number of halogens is 2. The lowest BCUT2D eigenvalue weighted by Gasteiger charge is -2.33. The van der Waals surface area contributed by atoms with Crippen molar-refractivity contribution < 1.29 is 19.4 Å². The first-order chi connectivity index (χ1) is 14.5. The van der Waals surface area contributed by atoms with Gasteiger partial charge in [0.05, 0.1) is 10.7 Å². The molecule has 2 aliphatic rings. The van der Waals surface area contributed by atoms with Crippen LogP contribution in [-0.4, -0.2) is 48.3 Å². The lowest BCUT2D eigenvalue weighted by atomic mass is 9.89. The Hall–Kier alpha value is -1.37. The topological polar surface area (TPSA) is 85.0 Å². The number of rotatable bonds is 10. The number of likely N-dealkylation sites (tertiary alicyclic amines) is 1. The minimum atomic E-state index is -1.07. The van der Waals surface area contributed by atoms with E-state index in [1.807, 2.05) is 6.07 Å². The maximum atomic E-state index is 11.3. The molecular weight excluding hydrogens is 439 g/mol. The second-order valence-electron chi connectivity index (χ2n) is 8.60. The van der Waals surface area contributed by atoms with E-state index in [0.717, 1.165) is 37.9 Å². The normalized spacial score (nSPS) is 19.1. The molecule has 0 saturated carbocycles. The highest BCUT2D eigenvalue weighted by molar-refractivity contribution is 6.33. The van der Waals surface area contributed by atoms with Gasteiger partial charge in [-0.15, -0.1) is 12.4 Å². The van der Waals surface area contributed by atoms with E-state index in [4.69, 9.17) is 26.8 Å². The molecule has 0 radical (unpaired) electrons. The second-order valence-corrected chi connectivity index (χ2v) is 9.01. The van der Waals surface area contributed by atoms with Crippen LogP contribution in [0.15, 0.2) is 6.07 Å².